The van der Waals surface area contributed by atoms with E-state index in [2.05, 4.69) is 6.58 Å². The van der Waals surface area contributed by atoms with Crippen molar-refractivity contribution in [3.8, 4) is 0 Å². The Labute approximate surface area is 35.8 Å². The summed E-state index contributed by atoms with van der Waals surface area (Å²) < 4.78 is 9.90. The first-order chi connectivity index (χ1) is 2.27. The van der Waals surface area contributed by atoms with Crippen LogP contribution in [0.15, 0.2) is 11.6 Å². The van der Waals surface area contributed by atoms with Crippen LogP contribution in [0.4, 0.5) is 0 Å². The van der Waals surface area contributed by atoms with E-state index >= 15 is 0 Å². The van der Waals surface area contributed by atoms with Gasteiger partial charge in [-0.1, -0.05) is 0 Å². The summed E-state index contributed by atoms with van der Waals surface area (Å²) in [5.41, 5.74) is 0. The van der Waals surface area contributed by atoms with Gasteiger partial charge in [0.1, 0.15) is 0 Å². The molecule has 0 aliphatic rings. The third kappa shape index (κ3) is 4.06. The predicted molar refractivity (Wildman–Crippen MR) is 22.5 cm³/mol. The van der Waals surface area contributed by atoms with Gasteiger partial charge < -0.3 is 0 Å². The quantitative estimate of drug-likeness (QED) is 0.487. The molecule has 0 spiro atoms. The van der Waals surface area contributed by atoms with E-state index in [9.17, 15) is 3.83 Å². The number of hydrogen-bond donors (Lipinski definition) is 0. The fraction of sp³-hybridized carbons (Fsp3) is 0.333. The Bertz CT molecular complexity index is 57.9. The van der Waals surface area contributed by atoms with Crippen molar-refractivity contribution in [2.24, 2.45) is 0 Å². The average Bonchev–Trinajstić information content (AvgIpc) is 1.38. The van der Waals surface area contributed by atoms with Crippen LogP contribution >= 0.6 is 0 Å². The fourth-order valence-corrected chi connectivity index (χ4v) is 0. The summed E-state index contributed by atoms with van der Waals surface area (Å²) in [6, 6.07) is 0. The van der Waals surface area contributed by atoms with Crippen LogP contribution in [-0.2, 0) is 3.83 Å². The minimum atomic E-state index is -1.53. The molecule has 0 fully saturated rings. The zero-order valence-electron chi connectivity index (χ0n) is 3.10. The summed E-state index contributed by atoms with van der Waals surface area (Å²) in [6.45, 7) is 3.30. The summed E-state index contributed by atoms with van der Waals surface area (Å²) in [4.78, 5) is 1.49. The van der Waals surface area contributed by atoms with Crippen molar-refractivity contribution in [1.29, 1.82) is 0 Å². The second kappa shape index (κ2) is 2.31. The van der Waals surface area contributed by atoms with Crippen LogP contribution in [0.5, 0.6) is 0 Å². The zero-order valence-corrected chi connectivity index (χ0v) is 4.81. The van der Waals surface area contributed by atoms with Crippen LogP contribution in [0.2, 0.25) is 5.82 Å². The van der Waals surface area contributed by atoms with Gasteiger partial charge in [0, 0.05) is 0 Å². The molecule has 0 saturated carbocycles. The first-order valence-corrected chi connectivity index (χ1v) is 4.62. The van der Waals surface area contributed by atoms with Crippen LogP contribution < -0.4 is 0 Å². The summed E-state index contributed by atoms with van der Waals surface area (Å²) in [6.07, 6.45) is 0. The van der Waals surface area contributed by atoms with E-state index in [0.29, 0.717) is 0 Å². The van der Waals surface area contributed by atoms with Crippen molar-refractivity contribution in [3.63, 3.8) is 0 Å². The van der Waals surface area contributed by atoms with Crippen molar-refractivity contribution >= 4 is 13.8 Å². The fourth-order valence-electron chi connectivity index (χ4n) is 0. The molecule has 1 nitrogen and oxygen atoms in total. The number of hydrogen-bond acceptors (Lipinski definition) is 1. The topological polar surface area (TPSA) is 17.1 Å². The van der Waals surface area contributed by atoms with E-state index in [-0.39, 0.29) is 0 Å². The van der Waals surface area contributed by atoms with Crippen LogP contribution in [0.25, 0.3) is 0 Å². The van der Waals surface area contributed by atoms with E-state index < -0.39 is 13.8 Å². The molecule has 0 aromatic rings. The molecule has 0 amide bonds. The van der Waals surface area contributed by atoms with Crippen molar-refractivity contribution in [2.45, 2.75) is 5.82 Å². The number of rotatable bonds is 1. The van der Waals surface area contributed by atoms with Gasteiger partial charge >= 0.3 is 35.0 Å². The second-order valence-corrected chi connectivity index (χ2v) is 3.46. The molecule has 0 aliphatic heterocycles. The van der Waals surface area contributed by atoms with Gasteiger partial charge in [-0.3, -0.25) is 0 Å². The Balaban J connectivity index is 3.20. The molecule has 5 heavy (non-hydrogen) atoms. The molecule has 0 aromatic carbocycles. The van der Waals surface area contributed by atoms with Gasteiger partial charge in [0.25, 0.3) is 0 Å². The molecule has 30 valence electrons. The van der Waals surface area contributed by atoms with E-state index in [4.69, 9.17) is 0 Å². The maximum absolute atomic E-state index is 9.90. The molecule has 1 atom stereocenters. The van der Waals surface area contributed by atoms with Crippen LogP contribution in [0, 0.1) is 0 Å². The van der Waals surface area contributed by atoms with E-state index in [1.807, 2.05) is 0 Å². The van der Waals surface area contributed by atoms with Crippen molar-refractivity contribution in [3.05, 3.63) is 11.6 Å². The summed E-state index contributed by atoms with van der Waals surface area (Å²) >= 11 is -1.53. The van der Waals surface area contributed by atoms with E-state index in [1.54, 1.807) is 5.82 Å². The Morgan fingerprint density at radius 1 is 2.00 bits per heavy atom. The molecular weight excluding hydrogens is 131 g/mol. The molecule has 0 aromatic heterocycles. The minimum absolute atomic E-state index is 1.49. The Hall–Kier alpha value is 0.0595. The first kappa shape index (κ1) is 5.06. The summed E-state index contributed by atoms with van der Waals surface area (Å²) in [5, 5.41) is 0. The molecule has 2 heteroatoms. The Morgan fingerprint density at radius 3 is 2.20 bits per heavy atom. The molecule has 1 unspecified atom stereocenters. The van der Waals surface area contributed by atoms with Gasteiger partial charge in [-0.05, 0) is 0 Å². The first-order valence-electron chi connectivity index (χ1n) is 1.22. The van der Waals surface area contributed by atoms with Gasteiger partial charge in [-0.2, -0.15) is 0 Å². The summed E-state index contributed by atoms with van der Waals surface area (Å²) in [7, 11) is 0. The summed E-state index contributed by atoms with van der Waals surface area (Å²) in [5.74, 6) is 1.67. The Morgan fingerprint density at radius 2 is 2.20 bits per heavy atom. The van der Waals surface area contributed by atoms with Gasteiger partial charge in [-0.15, -0.1) is 0 Å². The van der Waals surface area contributed by atoms with Crippen molar-refractivity contribution in [2.75, 3.05) is 0 Å². The van der Waals surface area contributed by atoms with Crippen LogP contribution in [-0.4, -0.2) is 13.8 Å². The average molecular weight is 137 g/mol. The SMILES string of the molecule is C=C[Se](C)=O. The van der Waals surface area contributed by atoms with Crippen LogP contribution in [0.3, 0.4) is 0 Å². The molecule has 0 heterocycles. The molecule has 0 rings (SSSR count). The molecule has 0 radical (unpaired) electrons. The Kier molecular flexibility index (Phi) is 2.33. The van der Waals surface area contributed by atoms with Crippen molar-refractivity contribution in [1.82, 2.24) is 0 Å². The van der Waals surface area contributed by atoms with Crippen LogP contribution in [0.1, 0.15) is 0 Å². The van der Waals surface area contributed by atoms with Gasteiger partial charge in [0.15, 0.2) is 0 Å². The predicted octanol–water partition coefficient (Wildman–Crippen LogP) is 0.763. The third-order valence-electron chi connectivity index (χ3n) is 0.235. The monoisotopic (exact) mass is 138 g/mol. The van der Waals surface area contributed by atoms with Gasteiger partial charge in [-0.25, -0.2) is 0 Å². The molecule has 0 saturated heterocycles. The maximum atomic E-state index is 9.90. The van der Waals surface area contributed by atoms with E-state index in [1.165, 1.54) is 4.97 Å². The normalized spacial score (nSPS) is 13.8. The third-order valence-corrected chi connectivity index (χ3v) is 1.22. The van der Waals surface area contributed by atoms with Crippen molar-refractivity contribution < 1.29 is 3.83 Å². The molecular formula is C3H6OSe. The standard InChI is InChI=1S/C3H6OSe/c1-3-5(2)4/h3H,1H2,2H3. The second-order valence-electron chi connectivity index (χ2n) is 0.665. The molecule has 0 bridgehead atoms. The molecule has 0 aliphatic carbocycles. The zero-order chi connectivity index (χ0) is 4.28. The van der Waals surface area contributed by atoms with E-state index in [0.717, 1.165) is 0 Å². The van der Waals surface area contributed by atoms with Gasteiger partial charge in [0.05, 0.1) is 0 Å². The molecule has 0 N–H and O–H groups in total. The van der Waals surface area contributed by atoms with Gasteiger partial charge in [0.2, 0.25) is 0 Å².